The Hall–Kier alpha value is -1.13. The van der Waals surface area contributed by atoms with Gasteiger partial charge in [-0.3, -0.25) is 9.59 Å². The summed E-state index contributed by atoms with van der Waals surface area (Å²) < 4.78 is 27.8. The Morgan fingerprint density at radius 1 is 1.17 bits per heavy atom. The van der Waals surface area contributed by atoms with Crippen LogP contribution in [0.1, 0.15) is 25.7 Å². The second-order valence-corrected chi connectivity index (χ2v) is 8.53. The summed E-state index contributed by atoms with van der Waals surface area (Å²) in [5.41, 5.74) is 0. The predicted octanol–water partition coefficient (Wildman–Crippen LogP) is -0.215. The highest BCUT2D eigenvalue weighted by molar-refractivity contribution is 8.14. The highest BCUT2D eigenvalue weighted by Crippen LogP contribution is 2.24. The number of thioether (sulfide) groups is 1. The summed E-state index contributed by atoms with van der Waals surface area (Å²) in [5.74, 6) is -0.481. The fourth-order valence-corrected chi connectivity index (χ4v) is 5.13. The molecule has 0 bridgehead atoms. The van der Waals surface area contributed by atoms with Crippen LogP contribution in [0.4, 0.5) is 0 Å². The monoisotopic (exact) mass is 360 g/mol. The molecular weight excluding hydrogens is 340 g/mol. The van der Waals surface area contributed by atoms with Crippen LogP contribution in [-0.2, 0) is 19.8 Å². The molecule has 3 rings (SSSR count). The number of rotatable bonds is 3. The molecule has 0 spiro atoms. The Kier molecular flexibility index (Phi) is 4.93. The topological polar surface area (TPSA) is 99.2 Å². The molecule has 0 aromatic rings. The zero-order valence-electron chi connectivity index (χ0n) is 12.7. The molecule has 1 N–H and O–H groups in total. The van der Waals surface area contributed by atoms with Crippen molar-refractivity contribution in [2.75, 3.05) is 31.9 Å². The number of piperidine rings is 1. The molecule has 128 valence electrons. The summed E-state index contributed by atoms with van der Waals surface area (Å²) in [4.78, 5) is 29.4. The molecule has 0 aliphatic carbocycles. The minimum Gasteiger partial charge on any atom is -0.351 e. The van der Waals surface area contributed by atoms with Gasteiger partial charge < -0.3 is 4.90 Å². The van der Waals surface area contributed by atoms with Gasteiger partial charge in [-0.15, -0.1) is 0 Å². The zero-order chi connectivity index (χ0) is 16.4. The first-order chi connectivity index (χ1) is 11.0. The van der Waals surface area contributed by atoms with E-state index in [0.717, 1.165) is 18.0 Å². The standard InChI is InChI=1S/C13H20N4O4S2/c18-11-9-22-13(14-11)16-7-3-10(4-8-16)12(19)15-23(20,21)17-5-1-2-6-17/h10H,1-9H2,(H,15,19). The number of amides is 2. The second-order valence-electron chi connectivity index (χ2n) is 5.92. The van der Waals surface area contributed by atoms with Gasteiger partial charge in [0.2, 0.25) is 5.91 Å². The molecule has 3 aliphatic rings. The van der Waals surface area contributed by atoms with Crippen LogP contribution in [0.3, 0.4) is 0 Å². The van der Waals surface area contributed by atoms with E-state index in [1.54, 1.807) is 0 Å². The van der Waals surface area contributed by atoms with Crippen molar-refractivity contribution in [2.45, 2.75) is 25.7 Å². The van der Waals surface area contributed by atoms with Gasteiger partial charge in [0.15, 0.2) is 5.17 Å². The summed E-state index contributed by atoms with van der Waals surface area (Å²) in [6.45, 7) is 2.18. The van der Waals surface area contributed by atoms with E-state index in [2.05, 4.69) is 9.71 Å². The van der Waals surface area contributed by atoms with E-state index >= 15 is 0 Å². The number of nitrogens with zero attached hydrogens (tertiary/aromatic N) is 3. The highest BCUT2D eigenvalue weighted by atomic mass is 32.2. The van der Waals surface area contributed by atoms with Crippen LogP contribution in [0.5, 0.6) is 0 Å². The van der Waals surface area contributed by atoms with Crippen molar-refractivity contribution in [3.05, 3.63) is 0 Å². The van der Waals surface area contributed by atoms with Crippen LogP contribution < -0.4 is 4.72 Å². The van der Waals surface area contributed by atoms with E-state index in [4.69, 9.17) is 0 Å². The number of likely N-dealkylation sites (tertiary alicyclic amines) is 1. The van der Waals surface area contributed by atoms with E-state index in [1.165, 1.54) is 16.1 Å². The first kappa shape index (κ1) is 16.7. The van der Waals surface area contributed by atoms with Crippen molar-refractivity contribution in [1.82, 2.24) is 13.9 Å². The summed E-state index contributed by atoms with van der Waals surface area (Å²) in [5, 5.41) is 0.721. The molecule has 0 saturated carbocycles. The summed E-state index contributed by atoms with van der Waals surface area (Å²) in [6.07, 6.45) is 2.81. The third kappa shape index (κ3) is 3.86. The summed E-state index contributed by atoms with van der Waals surface area (Å²) in [6, 6.07) is 0. The number of amidine groups is 1. The fraction of sp³-hybridized carbons (Fsp3) is 0.769. The lowest BCUT2D eigenvalue weighted by molar-refractivity contribution is -0.124. The number of hydrogen-bond acceptors (Lipinski definition) is 6. The quantitative estimate of drug-likeness (QED) is 0.747. The molecule has 0 unspecified atom stereocenters. The number of aliphatic imine (C=N–C) groups is 1. The fourth-order valence-electron chi connectivity index (χ4n) is 3.00. The van der Waals surface area contributed by atoms with Crippen molar-refractivity contribution in [1.29, 1.82) is 0 Å². The Morgan fingerprint density at radius 2 is 1.83 bits per heavy atom. The second kappa shape index (κ2) is 6.78. The highest BCUT2D eigenvalue weighted by Gasteiger charge is 2.33. The number of carbonyl (C=O) groups is 2. The third-order valence-corrected chi connectivity index (χ3v) is 6.82. The zero-order valence-corrected chi connectivity index (χ0v) is 14.4. The first-order valence-electron chi connectivity index (χ1n) is 7.77. The average molecular weight is 360 g/mol. The Morgan fingerprint density at radius 3 is 2.39 bits per heavy atom. The number of carbonyl (C=O) groups excluding carboxylic acids is 2. The van der Waals surface area contributed by atoms with E-state index in [-0.39, 0.29) is 11.8 Å². The molecule has 2 saturated heterocycles. The lowest BCUT2D eigenvalue weighted by atomic mass is 9.97. The van der Waals surface area contributed by atoms with E-state index in [9.17, 15) is 18.0 Å². The van der Waals surface area contributed by atoms with E-state index in [0.29, 0.717) is 44.8 Å². The molecule has 0 atom stereocenters. The minimum atomic E-state index is -3.70. The van der Waals surface area contributed by atoms with Crippen LogP contribution in [0.25, 0.3) is 0 Å². The van der Waals surface area contributed by atoms with Crippen LogP contribution in [0.2, 0.25) is 0 Å². The molecule has 3 aliphatic heterocycles. The van der Waals surface area contributed by atoms with Crippen LogP contribution in [-0.4, -0.2) is 66.5 Å². The lowest BCUT2D eigenvalue weighted by Crippen LogP contribution is -2.47. The molecule has 0 aromatic heterocycles. The summed E-state index contributed by atoms with van der Waals surface area (Å²) in [7, 11) is -3.70. The largest absolute Gasteiger partial charge is 0.351 e. The Labute approximate surface area is 139 Å². The van der Waals surface area contributed by atoms with Gasteiger partial charge in [0, 0.05) is 32.1 Å². The first-order valence-corrected chi connectivity index (χ1v) is 10.2. The van der Waals surface area contributed by atoms with Gasteiger partial charge in [0.05, 0.1) is 5.75 Å². The van der Waals surface area contributed by atoms with Gasteiger partial charge in [-0.1, -0.05) is 11.8 Å². The lowest BCUT2D eigenvalue weighted by Gasteiger charge is -2.32. The maximum atomic E-state index is 12.2. The van der Waals surface area contributed by atoms with Gasteiger partial charge >= 0.3 is 10.2 Å². The van der Waals surface area contributed by atoms with Gasteiger partial charge in [-0.2, -0.15) is 17.7 Å². The molecule has 0 aromatic carbocycles. The Bertz CT molecular complexity index is 620. The smallest absolute Gasteiger partial charge is 0.303 e. The minimum absolute atomic E-state index is 0.124. The van der Waals surface area contributed by atoms with Crippen LogP contribution >= 0.6 is 11.8 Å². The van der Waals surface area contributed by atoms with Gasteiger partial charge in [0.25, 0.3) is 5.91 Å². The van der Waals surface area contributed by atoms with Crippen molar-refractivity contribution in [3.8, 4) is 0 Å². The maximum absolute atomic E-state index is 12.2. The van der Waals surface area contributed by atoms with Gasteiger partial charge in [0.1, 0.15) is 0 Å². The van der Waals surface area contributed by atoms with E-state index in [1.807, 2.05) is 4.90 Å². The van der Waals surface area contributed by atoms with E-state index < -0.39 is 16.1 Å². The SMILES string of the molecule is O=C1CSC(N2CCC(C(=O)NS(=O)(=O)N3CCCC3)CC2)=N1. The third-order valence-electron chi connectivity index (χ3n) is 4.32. The van der Waals surface area contributed by atoms with Crippen LogP contribution in [0, 0.1) is 5.92 Å². The van der Waals surface area contributed by atoms with Crippen molar-refractivity contribution in [3.63, 3.8) is 0 Å². The van der Waals surface area contributed by atoms with Gasteiger partial charge in [-0.25, -0.2) is 4.72 Å². The number of nitrogens with one attached hydrogen (secondary N) is 1. The molecule has 0 radical (unpaired) electrons. The number of hydrogen-bond donors (Lipinski definition) is 1. The molecular formula is C13H20N4O4S2. The summed E-state index contributed by atoms with van der Waals surface area (Å²) >= 11 is 1.42. The van der Waals surface area contributed by atoms with Crippen LogP contribution in [0.15, 0.2) is 4.99 Å². The average Bonchev–Trinajstić information content (AvgIpc) is 3.18. The van der Waals surface area contributed by atoms with Crippen molar-refractivity contribution < 1.29 is 18.0 Å². The van der Waals surface area contributed by atoms with Gasteiger partial charge in [-0.05, 0) is 25.7 Å². The molecule has 10 heteroatoms. The molecule has 3 heterocycles. The molecule has 2 fully saturated rings. The van der Waals surface area contributed by atoms with Crippen molar-refractivity contribution >= 4 is 39.0 Å². The maximum Gasteiger partial charge on any atom is 0.303 e. The molecule has 23 heavy (non-hydrogen) atoms. The predicted molar refractivity (Wildman–Crippen MR) is 87.1 cm³/mol. The van der Waals surface area contributed by atoms with Crippen molar-refractivity contribution in [2.24, 2.45) is 10.9 Å². The molecule has 2 amide bonds. The molecule has 8 nitrogen and oxygen atoms in total. The normalized spacial score (nSPS) is 24.1. The Balaban J connectivity index is 1.52.